The minimum atomic E-state index is -2.03. The van der Waals surface area contributed by atoms with Gasteiger partial charge in [0, 0.05) is 61.8 Å². The molecule has 0 unspecified atom stereocenters. The summed E-state index contributed by atoms with van der Waals surface area (Å²) >= 11 is 0. The van der Waals surface area contributed by atoms with E-state index in [0.717, 1.165) is 12.3 Å². The van der Waals surface area contributed by atoms with Crippen molar-refractivity contribution < 1.29 is 58.2 Å². The molecule has 13 heteroatoms. The first kappa shape index (κ1) is 38.2. The molecule has 50 heavy (non-hydrogen) atoms. The molecule has 0 fully saturated rings. The Kier molecular flexibility index (Phi) is 11.2. The Morgan fingerprint density at radius 3 is 2.22 bits per heavy atom. The van der Waals surface area contributed by atoms with Gasteiger partial charge in [-0.3, -0.25) is 24.0 Å². The van der Waals surface area contributed by atoms with Gasteiger partial charge in [-0.05, 0) is 19.9 Å². The van der Waals surface area contributed by atoms with Crippen molar-refractivity contribution in [2.45, 2.75) is 85.6 Å². The third-order valence-corrected chi connectivity index (χ3v) is 9.80. The van der Waals surface area contributed by atoms with Crippen LogP contribution < -0.4 is 10.1 Å². The summed E-state index contributed by atoms with van der Waals surface area (Å²) in [7, 11) is 1.42. The average Bonchev–Trinajstić information content (AvgIpc) is 3.33. The first-order valence-corrected chi connectivity index (χ1v) is 16.4. The van der Waals surface area contributed by atoms with Crippen molar-refractivity contribution in [2.24, 2.45) is 23.7 Å². The minimum absolute atomic E-state index is 0.00885. The van der Waals surface area contributed by atoms with Crippen LogP contribution in [0, 0.1) is 30.6 Å². The van der Waals surface area contributed by atoms with Gasteiger partial charge in [0.05, 0.1) is 47.0 Å². The van der Waals surface area contributed by atoms with E-state index < -0.39 is 100 Å². The van der Waals surface area contributed by atoms with Crippen LogP contribution in [-0.4, -0.2) is 81.9 Å². The van der Waals surface area contributed by atoms with Gasteiger partial charge in [0.15, 0.2) is 5.78 Å². The number of Topliss-reactive ketones (excluding diaryl/α,β-unsaturated/α-hetero) is 2. The summed E-state index contributed by atoms with van der Waals surface area (Å²) in [5.41, 5.74) is -1.31. The topological polar surface area (TPSA) is 195 Å². The van der Waals surface area contributed by atoms with E-state index in [9.17, 15) is 39.3 Å². The van der Waals surface area contributed by atoms with Crippen molar-refractivity contribution in [1.82, 2.24) is 5.32 Å². The number of nitrogens with one attached hydrogen (secondary N) is 1. The molecule has 13 nitrogen and oxygen atoms in total. The zero-order valence-electron chi connectivity index (χ0n) is 29.6. The van der Waals surface area contributed by atoms with Crippen LogP contribution >= 0.6 is 0 Å². The molecular formula is C37H45NO12. The van der Waals surface area contributed by atoms with Crippen LogP contribution in [-0.2, 0) is 23.8 Å². The Hall–Kier alpha value is -4.59. The lowest BCUT2D eigenvalue weighted by Crippen LogP contribution is -2.46. The number of aromatic hydroxyl groups is 1. The molecular weight excluding hydrogens is 650 g/mol. The van der Waals surface area contributed by atoms with Crippen molar-refractivity contribution in [3.63, 3.8) is 0 Å². The zero-order chi connectivity index (χ0) is 37.4. The molecule has 0 radical (unpaired) electrons. The lowest BCUT2D eigenvalue weighted by Gasteiger charge is -2.38. The molecule has 0 aromatic heterocycles. The van der Waals surface area contributed by atoms with Gasteiger partial charge >= 0.3 is 11.8 Å². The summed E-state index contributed by atoms with van der Waals surface area (Å²) in [6.45, 7) is 12.3. The van der Waals surface area contributed by atoms with E-state index in [1.54, 1.807) is 39.8 Å². The largest absolute Gasteiger partial charge is 0.507 e. The number of rotatable bonds is 2. The minimum Gasteiger partial charge on any atom is -0.507 e. The molecule has 1 aliphatic carbocycles. The average molecular weight is 696 g/mol. The number of aliphatic hydroxyl groups excluding tert-OH is 2. The number of hydrogen-bond donors (Lipinski definition) is 4. The highest BCUT2D eigenvalue weighted by Crippen LogP contribution is 2.47. The van der Waals surface area contributed by atoms with Gasteiger partial charge in [0.25, 0.3) is 11.7 Å². The number of carbonyl (C=O) groups is 5. The fourth-order valence-electron chi connectivity index (χ4n) is 6.62. The fourth-order valence-corrected chi connectivity index (χ4v) is 6.62. The van der Waals surface area contributed by atoms with Gasteiger partial charge in [-0.25, -0.2) is 0 Å². The van der Waals surface area contributed by atoms with E-state index in [2.05, 4.69) is 5.32 Å². The Balaban J connectivity index is 1.83. The number of phenolic OH excluding ortho intramolecular Hbond substituents is 1. The summed E-state index contributed by atoms with van der Waals surface area (Å²) in [6, 6.07) is 0. The predicted molar refractivity (Wildman–Crippen MR) is 179 cm³/mol. The maximum atomic E-state index is 13.9. The third kappa shape index (κ3) is 7.03. The zero-order valence-corrected chi connectivity index (χ0v) is 29.6. The van der Waals surface area contributed by atoms with Crippen LogP contribution in [0.4, 0.5) is 0 Å². The number of phenols is 1. The number of benzene rings is 1. The monoisotopic (exact) mass is 695 g/mol. The molecule has 0 saturated heterocycles. The molecule has 0 spiro atoms. The van der Waals surface area contributed by atoms with Crippen LogP contribution in [0.1, 0.15) is 85.1 Å². The molecule has 5 rings (SSSR count). The highest BCUT2D eigenvalue weighted by Gasteiger charge is 2.51. The summed E-state index contributed by atoms with van der Waals surface area (Å²) in [4.78, 5) is 66.2. The maximum Gasteiger partial charge on any atom is 0.312 e. The van der Waals surface area contributed by atoms with Gasteiger partial charge in [-0.1, -0.05) is 45.9 Å². The first-order valence-electron chi connectivity index (χ1n) is 16.4. The molecule has 1 amide bonds. The van der Waals surface area contributed by atoms with Crippen molar-refractivity contribution in [3.05, 3.63) is 70.2 Å². The van der Waals surface area contributed by atoms with Crippen LogP contribution in [0.5, 0.6) is 11.5 Å². The van der Waals surface area contributed by atoms with E-state index in [0.29, 0.717) is 0 Å². The summed E-state index contributed by atoms with van der Waals surface area (Å²) in [5.74, 6) is -8.99. The summed E-state index contributed by atoms with van der Waals surface area (Å²) in [6.07, 6.45) is 4.31. The van der Waals surface area contributed by atoms with Gasteiger partial charge in [0.2, 0.25) is 5.78 Å². The van der Waals surface area contributed by atoms with Crippen molar-refractivity contribution in [2.75, 3.05) is 7.11 Å². The Morgan fingerprint density at radius 1 is 0.940 bits per heavy atom. The molecule has 270 valence electrons. The summed E-state index contributed by atoms with van der Waals surface area (Å²) in [5, 5.41) is 36.1. The maximum absolute atomic E-state index is 13.9. The second-order valence-corrected chi connectivity index (χ2v) is 13.4. The van der Waals surface area contributed by atoms with Crippen molar-refractivity contribution >= 4 is 29.2 Å². The van der Waals surface area contributed by atoms with Gasteiger partial charge < -0.3 is 39.6 Å². The predicted octanol–water partition coefficient (Wildman–Crippen LogP) is 3.63. The number of ketones is 3. The van der Waals surface area contributed by atoms with E-state index >= 15 is 0 Å². The number of methoxy groups -OCH3 is 1. The fraction of sp³-hybridized carbons (Fsp3) is 0.486. The third-order valence-electron chi connectivity index (χ3n) is 9.80. The van der Waals surface area contributed by atoms with E-state index in [-0.39, 0.29) is 28.0 Å². The molecule has 5 bridgehead atoms. The summed E-state index contributed by atoms with van der Waals surface area (Å²) < 4.78 is 23.1. The van der Waals surface area contributed by atoms with Crippen LogP contribution in [0.3, 0.4) is 0 Å². The molecule has 3 aliphatic heterocycles. The van der Waals surface area contributed by atoms with Gasteiger partial charge in [-0.15, -0.1) is 0 Å². The highest BCUT2D eigenvalue weighted by atomic mass is 16.7. The Labute approximate surface area is 290 Å². The van der Waals surface area contributed by atoms with Crippen LogP contribution in [0.25, 0.3) is 0 Å². The van der Waals surface area contributed by atoms with E-state index in [4.69, 9.17) is 18.9 Å². The molecule has 1 aromatic rings. The second-order valence-electron chi connectivity index (χ2n) is 13.4. The Morgan fingerprint density at radius 2 is 1.60 bits per heavy atom. The molecule has 4 N–H and O–H groups in total. The smallest absolute Gasteiger partial charge is 0.312 e. The van der Waals surface area contributed by atoms with Crippen LogP contribution in [0.15, 0.2) is 47.9 Å². The number of amides is 1. The molecule has 3 heterocycles. The van der Waals surface area contributed by atoms with E-state index in [1.165, 1.54) is 47.0 Å². The van der Waals surface area contributed by atoms with E-state index in [1.807, 2.05) is 0 Å². The quantitative estimate of drug-likeness (QED) is 0.329. The lowest BCUT2D eigenvalue weighted by atomic mass is 9.78. The lowest BCUT2D eigenvalue weighted by molar-refractivity contribution is -0.160. The molecule has 9 atom stereocenters. The number of carbonyl (C=O) groups excluding carboxylic acids is 5. The first-order chi connectivity index (χ1) is 23.4. The number of ether oxygens (including phenoxy) is 4. The molecule has 0 saturated carbocycles. The van der Waals surface area contributed by atoms with Crippen molar-refractivity contribution in [1.29, 1.82) is 0 Å². The van der Waals surface area contributed by atoms with Crippen molar-refractivity contribution in [3.8, 4) is 11.5 Å². The SMILES string of the molecule is CO[C@H]1C=CO[C@]2(C)Oc3c(C)c(O)c4c(c3C2=O)C(=O)C=C(NC(=O)C(C)=CC=C[C@H](C)[C@H](O)[C@@H](C)[C@@H](O)[C@@H](C)[C@H](OC(C)=O)[C@@H]1C)C4=O. The molecule has 4 aliphatic rings. The number of allylic oxidation sites excluding steroid dienone is 4. The molecule has 1 aromatic carbocycles. The second kappa shape index (κ2) is 14.7. The van der Waals surface area contributed by atoms with Gasteiger partial charge in [-0.2, -0.15) is 0 Å². The highest BCUT2D eigenvalue weighted by molar-refractivity contribution is 6.30. The normalized spacial score (nSPS) is 32.1. The Bertz CT molecular complexity index is 1720. The number of fused-ring (bicyclic) bond motifs is 14. The number of aliphatic hydroxyl groups is 2. The standard InChI is InChI=1S/C37H45NO12/c1-16-11-10-12-17(2)36(46)38-23-15-24(40)26-27(32(23)44)31(43)21(6)34-28(26)35(45)37(8,50-34)48-14-13-25(47-9)18(3)33(49-22(7)39)20(5)30(42)19(4)29(16)41/h10-16,18-20,25,29-30,33,41-43H,1-9H3,(H,38,46)/t16-,18+,19+,20+,25-,29-,30+,33+,37+/m0/s1. The number of esters is 1. The van der Waals surface area contributed by atoms with Crippen LogP contribution in [0.2, 0.25) is 0 Å². The number of hydrogen-bond acceptors (Lipinski definition) is 12. The van der Waals surface area contributed by atoms with Gasteiger partial charge in [0.1, 0.15) is 17.6 Å².